The Morgan fingerprint density at radius 1 is 1.33 bits per heavy atom. The quantitative estimate of drug-likeness (QED) is 0.858. The van der Waals surface area contributed by atoms with E-state index in [-0.39, 0.29) is 5.82 Å². The molecule has 0 saturated heterocycles. The summed E-state index contributed by atoms with van der Waals surface area (Å²) in [4.78, 5) is 0. The smallest absolute Gasteiger partial charge is 0.129 e. The van der Waals surface area contributed by atoms with Crippen LogP contribution in [0.2, 0.25) is 5.02 Å². The fraction of sp³-hybridized carbons (Fsp3) is 0.600. The van der Waals surface area contributed by atoms with E-state index in [4.69, 9.17) is 11.6 Å². The summed E-state index contributed by atoms with van der Waals surface area (Å²) in [5.74, 6) is 1.17. The Balaban J connectivity index is 1.99. The van der Waals surface area contributed by atoms with Crippen molar-refractivity contribution >= 4 is 11.6 Å². The van der Waals surface area contributed by atoms with Gasteiger partial charge in [0.15, 0.2) is 0 Å². The van der Waals surface area contributed by atoms with Gasteiger partial charge < -0.3 is 5.32 Å². The van der Waals surface area contributed by atoms with Crippen LogP contribution in [0, 0.1) is 17.7 Å². The molecule has 0 unspecified atom stereocenters. The molecule has 0 aliphatic heterocycles. The van der Waals surface area contributed by atoms with E-state index in [1.54, 1.807) is 12.1 Å². The zero-order valence-corrected chi connectivity index (χ0v) is 11.8. The Morgan fingerprint density at radius 2 is 2.11 bits per heavy atom. The highest BCUT2D eigenvalue weighted by atomic mass is 35.5. The van der Waals surface area contributed by atoms with Gasteiger partial charge in [0.05, 0.1) is 0 Å². The van der Waals surface area contributed by atoms with Crippen LogP contribution in [-0.2, 0) is 6.54 Å². The van der Waals surface area contributed by atoms with Crippen LogP contribution in [0.15, 0.2) is 18.2 Å². The zero-order chi connectivity index (χ0) is 13.1. The van der Waals surface area contributed by atoms with Gasteiger partial charge in [-0.15, -0.1) is 0 Å². The summed E-state index contributed by atoms with van der Waals surface area (Å²) in [6.07, 6.45) is 3.74. The van der Waals surface area contributed by atoms with Crippen LogP contribution in [0.4, 0.5) is 4.39 Å². The highest BCUT2D eigenvalue weighted by Crippen LogP contribution is 2.30. The van der Waals surface area contributed by atoms with Gasteiger partial charge in [-0.3, -0.25) is 0 Å². The maximum Gasteiger partial charge on any atom is 0.129 e. The molecule has 1 fully saturated rings. The van der Waals surface area contributed by atoms with Crippen LogP contribution in [0.3, 0.4) is 0 Å². The van der Waals surface area contributed by atoms with Crippen molar-refractivity contribution in [3.05, 3.63) is 34.6 Å². The van der Waals surface area contributed by atoms with Crippen molar-refractivity contribution in [2.75, 3.05) is 0 Å². The van der Waals surface area contributed by atoms with E-state index in [1.807, 2.05) is 0 Å². The summed E-state index contributed by atoms with van der Waals surface area (Å²) < 4.78 is 13.7. The first-order valence-electron chi connectivity index (χ1n) is 6.76. The molecule has 3 atom stereocenters. The van der Waals surface area contributed by atoms with Crippen molar-refractivity contribution in [1.82, 2.24) is 5.32 Å². The molecule has 100 valence electrons. The maximum absolute atomic E-state index is 13.7. The second-order valence-electron chi connectivity index (χ2n) is 5.45. The molecule has 3 heteroatoms. The van der Waals surface area contributed by atoms with Crippen LogP contribution in [0.5, 0.6) is 0 Å². The Labute approximate surface area is 114 Å². The Bertz CT molecular complexity index is 387. The lowest BCUT2D eigenvalue weighted by molar-refractivity contribution is 0.205. The summed E-state index contributed by atoms with van der Waals surface area (Å²) in [5.41, 5.74) is 0.588. The average Bonchev–Trinajstić information content (AvgIpc) is 2.33. The lowest BCUT2D eigenvalue weighted by Gasteiger charge is -2.34. The number of halogens is 2. The molecular formula is C15H21ClFN. The minimum atomic E-state index is -0.216. The van der Waals surface area contributed by atoms with E-state index in [0.717, 1.165) is 5.92 Å². The molecule has 0 heterocycles. The summed E-state index contributed by atoms with van der Waals surface area (Å²) >= 11 is 6.03. The molecule has 1 nitrogen and oxygen atoms in total. The molecular weight excluding hydrogens is 249 g/mol. The predicted octanol–water partition coefficient (Wildman–Crippen LogP) is 4.39. The van der Waals surface area contributed by atoms with Gasteiger partial charge in [0.2, 0.25) is 0 Å². The number of hydrogen-bond acceptors (Lipinski definition) is 1. The lowest BCUT2D eigenvalue weighted by Crippen LogP contribution is -2.40. The van der Waals surface area contributed by atoms with Crippen molar-refractivity contribution in [3.63, 3.8) is 0 Å². The van der Waals surface area contributed by atoms with Gasteiger partial charge in [0.25, 0.3) is 0 Å². The third kappa shape index (κ3) is 3.04. The highest BCUT2D eigenvalue weighted by Gasteiger charge is 2.26. The maximum atomic E-state index is 13.7. The molecule has 0 radical (unpaired) electrons. The van der Waals surface area contributed by atoms with E-state index >= 15 is 0 Å². The monoisotopic (exact) mass is 269 g/mol. The molecule has 0 bridgehead atoms. The van der Waals surface area contributed by atoms with Crippen molar-refractivity contribution < 1.29 is 4.39 Å². The topological polar surface area (TPSA) is 12.0 Å². The van der Waals surface area contributed by atoms with Crippen LogP contribution in [-0.4, -0.2) is 6.04 Å². The van der Waals surface area contributed by atoms with Crippen LogP contribution in [0.1, 0.15) is 38.7 Å². The van der Waals surface area contributed by atoms with E-state index < -0.39 is 0 Å². The molecule has 18 heavy (non-hydrogen) atoms. The molecule has 0 spiro atoms. The molecule has 1 saturated carbocycles. The second kappa shape index (κ2) is 6.03. The lowest BCUT2D eigenvalue weighted by atomic mass is 9.78. The van der Waals surface area contributed by atoms with Gasteiger partial charge in [-0.05, 0) is 30.4 Å². The normalized spacial score (nSPS) is 28.3. The first-order valence-corrected chi connectivity index (χ1v) is 7.13. The van der Waals surface area contributed by atoms with E-state index in [2.05, 4.69) is 19.2 Å². The van der Waals surface area contributed by atoms with Crippen molar-refractivity contribution in [3.8, 4) is 0 Å². The standard InChI is InChI=1S/C15H21ClFN/c1-10-5-3-8-15(11(10)2)18-9-12-13(16)6-4-7-14(12)17/h4,6-7,10-11,15,18H,3,5,8-9H2,1-2H3/t10-,11+,15+/m1/s1. The number of hydrogen-bond donors (Lipinski definition) is 1. The Morgan fingerprint density at radius 3 is 2.83 bits per heavy atom. The molecule has 0 amide bonds. The fourth-order valence-electron chi connectivity index (χ4n) is 2.80. The number of rotatable bonds is 3. The van der Waals surface area contributed by atoms with Gasteiger partial charge >= 0.3 is 0 Å². The summed E-state index contributed by atoms with van der Waals surface area (Å²) in [5, 5.41) is 3.99. The number of nitrogens with one attached hydrogen (secondary N) is 1. The van der Waals surface area contributed by atoms with E-state index in [1.165, 1.54) is 25.3 Å². The van der Waals surface area contributed by atoms with Crippen LogP contribution < -0.4 is 5.32 Å². The third-order valence-corrected chi connectivity index (χ3v) is 4.66. The van der Waals surface area contributed by atoms with Gasteiger partial charge in [0, 0.05) is 23.2 Å². The summed E-state index contributed by atoms with van der Waals surface area (Å²) in [6.45, 7) is 5.10. The molecule has 1 aliphatic carbocycles. The largest absolute Gasteiger partial charge is 0.309 e. The van der Waals surface area contributed by atoms with E-state index in [0.29, 0.717) is 29.1 Å². The Kier molecular flexibility index (Phi) is 4.63. The molecule has 1 aliphatic rings. The molecule has 1 N–H and O–H groups in total. The molecule has 0 aromatic heterocycles. The first-order chi connectivity index (χ1) is 8.59. The second-order valence-corrected chi connectivity index (χ2v) is 5.86. The molecule has 1 aromatic carbocycles. The fourth-order valence-corrected chi connectivity index (χ4v) is 3.03. The summed E-state index contributed by atoms with van der Waals surface area (Å²) in [7, 11) is 0. The van der Waals surface area contributed by atoms with Gasteiger partial charge in [0.1, 0.15) is 5.82 Å². The molecule has 1 aromatic rings. The van der Waals surface area contributed by atoms with E-state index in [9.17, 15) is 4.39 Å². The summed E-state index contributed by atoms with van der Waals surface area (Å²) in [6, 6.07) is 5.33. The minimum absolute atomic E-state index is 0.216. The average molecular weight is 270 g/mol. The highest BCUT2D eigenvalue weighted by molar-refractivity contribution is 6.31. The van der Waals surface area contributed by atoms with Gasteiger partial charge in [-0.1, -0.05) is 44.4 Å². The number of benzene rings is 1. The SMILES string of the molecule is C[C@H]1[C@H](C)CCC[C@@H]1NCc1c(F)cccc1Cl. The Hall–Kier alpha value is -0.600. The van der Waals surface area contributed by atoms with Gasteiger partial charge in [-0.25, -0.2) is 4.39 Å². The van der Waals surface area contributed by atoms with Crippen LogP contribution >= 0.6 is 11.6 Å². The predicted molar refractivity (Wildman–Crippen MR) is 74.2 cm³/mol. The minimum Gasteiger partial charge on any atom is -0.309 e. The van der Waals surface area contributed by atoms with Gasteiger partial charge in [-0.2, -0.15) is 0 Å². The first kappa shape index (κ1) is 13.8. The zero-order valence-electron chi connectivity index (χ0n) is 11.0. The van der Waals surface area contributed by atoms with Crippen molar-refractivity contribution in [2.45, 2.75) is 45.7 Å². The van der Waals surface area contributed by atoms with Crippen molar-refractivity contribution in [2.24, 2.45) is 11.8 Å². The van der Waals surface area contributed by atoms with Crippen molar-refractivity contribution in [1.29, 1.82) is 0 Å². The molecule has 2 rings (SSSR count). The van der Waals surface area contributed by atoms with Crippen LogP contribution in [0.25, 0.3) is 0 Å². The third-order valence-electron chi connectivity index (χ3n) is 4.31.